The van der Waals surface area contributed by atoms with Crippen molar-refractivity contribution >= 4 is 12.0 Å². The van der Waals surface area contributed by atoms with Crippen LogP contribution in [0.15, 0.2) is 0 Å². The average Bonchev–Trinajstić information content (AvgIpc) is 2.86. The maximum Gasteiger partial charge on any atom is 0.320 e. The van der Waals surface area contributed by atoms with Gasteiger partial charge in [0, 0.05) is 26.2 Å². The van der Waals surface area contributed by atoms with E-state index in [1.165, 1.54) is 0 Å². The second-order valence-electron chi connectivity index (χ2n) is 5.41. The molecule has 0 saturated carbocycles. The predicted octanol–water partition coefficient (Wildman–Crippen LogP) is 1.63. The van der Waals surface area contributed by atoms with Crippen LogP contribution in [0.5, 0.6) is 0 Å². The number of carbonyl (C=O) groups is 2. The number of hydrogen-bond donors (Lipinski definition) is 1. The lowest BCUT2D eigenvalue weighted by atomic mass is 9.99. The molecule has 2 saturated heterocycles. The highest BCUT2D eigenvalue weighted by molar-refractivity contribution is 5.77. The van der Waals surface area contributed by atoms with E-state index in [2.05, 4.69) is 6.92 Å². The predicted molar refractivity (Wildman–Crippen MR) is 67.3 cm³/mol. The van der Waals surface area contributed by atoms with Crippen LogP contribution in [0.25, 0.3) is 0 Å². The Bertz CT molecular complexity index is 332. The Morgan fingerprint density at radius 2 is 1.89 bits per heavy atom. The first-order valence-electron chi connectivity index (χ1n) is 6.88. The van der Waals surface area contributed by atoms with Crippen LogP contribution in [0.4, 0.5) is 4.79 Å². The number of urea groups is 1. The van der Waals surface area contributed by atoms with E-state index in [0.29, 0.717) is 25.4 Å². The molecule has 2 rings (SSSR count). The zero-order chi connectivity index (χ0) is 13.1. The van der Waals surface area contributed by atoms with Crippen molar-refractivity contribution in [2.45, 2.75) is 32.6 Å². The first kappa shape index (κ1) is 13.2. The van der Waals surface area contributed by atoms with Crippen LogP contribution in [0.1, 0.15) is 32.6 Å². The second kappa shape index (κ2) is 5.59. The summed E-state index contributed by atoms with van der Waals surface area (Å²) in [6.07, 6.45) is 3.68. The van der Waals surface area contributed by atoms with E-state index in [9.17, 15) is 9.59 Å². The first-order valence-corrected chi connectivity index (χ1v) is 6.88. The molecule has 2 aliphatic rings. The van der Waals surface area contributed by atoms with Gasteiger partial charge in [-0.05, 0) is 25.2 Å². The Hall–Kier alpha value is -1.26. The summed E-state index contributed by atoms with van der Waals surface area (Å²) in [5, 5.41) is 9.03. The Balaban J connectivity index is 1.91. The molecule has 5 nitrogen and oxygen atoms in total. The van der Waals surface area contributed by atoms with E-state index >= 15 is 0 Å². The van der Waals surface area contributed by atoms with Gasteiger partial charge in [0.15, 0.2) is 0 Å². The lowest BCUT2D eigenvalue weighted by Gasteiger charge is -2.33. The molecule has 2 fully saturated rings. The smallest absolute Gasteiger partial charge is 0.320 e. The average molecular weight is 254 g/mol. The molecular weight excluding hydrogens is 232 g/mol. The third kappa shape index (κ3) is 2.76. The Labute approximate surface area is 108 Å². The number of aliphatic carboxylic acids is 1. The number of hydrogen-bond acceptors (Lipinski definition) is 2. The fraction of sp³-hybridized carbons (Fsp3) is 0.846. The molecule has 102 valence electrons. The highest BCUT2D eigenvalue weighted by atomic mass is 16.4. The molecule has 18 heavy (non-hydrogen) atoms. The van der Waals surface area contributed by atoms with E-state index in [1.807, 2.05) is 4.90 Å². The van der Waals surface area contributed by atoms with Gasteiger partial charge in [-0.25, -0.2) is 4.79 Å². The third-order valence-corrected chi connectivity index (χ3v) is 4.17. The van der Waals surface area contributed by atoms with Crippen molar-refractivity contribution in [1.29, 1.82) is 0 Å². The summed E-state index contributed by atoms with van der Waals surface area (Å²) in [6.45, 7) is 4.90. The molecule has 0 spiro atoms. The molecule has 2 atom stereocenters. The largest absolute Gasteiger partial charge is 0.481 e. The topological polar surface area (TPSA) is 60.9 Å². The summed E-state index contributed by atoms with van der Waals surface area (Å²) >= 11 is 0. The molecule has 1 unspecified atom stereocenters. The van der Waals surface area contributed by atoms with Crippen molar-refractivity contribution in [1.82, 2.24) is 9.80 Å². The molecule has 0 aromatic carbocycles. The van der Waals surface area contributed by atoms with Gasteiger partial charge in [-0.3, -0.25) is 4.79 Å². The number of carbonyl (C=O) groups excluding carboxylic acids is 1. The summed E-state index contributed by atoms with van der Waals surface area (Å²) in [5.74, 6) is -0.540. The molecule has 2 aliphatic heterocycles. The van der Waals surface area contributed by atoms with Crippen LogP contribution in [-0.2, 0) is 4.79 Å². The quantitative estimate of drug-likeness (QED) is 0.814. The number of likely N-dealkylation sites (tertiary alicyclic amines) is 2. The van der Waals surface area contributed by atoms with Gasteiger partial charge >= 0.3 is 12.0 Å². The fourth-order valence-electron chi connectivity index (χ4n) is 2.89. The summed E-state index contributed by atoms with van der Waals surface area (Å²) in [6, 6.07) is 0.0388. The van der Waals surface area contributed by atoms with Crippen molar-refractivity contribution in [2.75, 3.05) is 26.2 Å². The molecule has 0 aliphatic carbocycles. The van der Waals surface area contributed by atoms with Gasteiger partial charge in [-0.1, -0.05) is 13.3 Å². The lowest BCUT2D eigenvalue weighted by Crippen LogP contribution is -2.48. The van der Waals surface area contributed by atoms with Crippen LogP contribution < -0.4 is 0 Å². The molecule has 0 aromatic rings. The first-order chi connectivity index (χ1) is 8.61. The van der Waals surface area contributed by atoms with Crippen LogP contribution in [0.2, 0.25) is 0 Å². The van der Waals surface area contributed by atoms with Crippen molar-refractivity contribution in [3.8, 4) is 0 Å². The monoisotopic (exact) mass is 254 g/mol. The van der Waals surface area contributed by atoms with Gasteiger partial charge in [0.05, 0.1) is 5.92 Å². The minimum absolute atomic E-state index is 0.0388. The summed E-state index contributed by atoms with van der Waals surface area (Å²) in [4.78, 5) is 26.9. The van der Waals surface area contributed by atoms with Crippen LogP contribution >= 0.6 is 0 Å². The number of rotatable bonds is 2. The third-order valence-electron chi connectivity index (χ3n) is 4.17. The summed E-state index contributed by atoms with van der Waals surface area (Å²) < 4.78 is 0. The molecule has 5 heteroatoms. The van der Waals surface area contributed by atoms with Crippen molar-refractivity contribution in [3.63, 3.8) is 0 Å². The van der Waals surface area contributed by atoms with Gasteiger partial charge in [0.2, 0.25) is 0 Å². The second-order valence-corrected chi connectivity index (χ2v) is 5.41. The highest BCUT2D eigenvalue weighted by Gasteiger charge is 2.33. The van der Waals surface area contributed by atoms with E-state index in [0.717, 1.165) is 32.4 Å². The van der Waals surface area contributed by atoms with E-state index in [-0.39, 0.29) is 11.9 Å². The SMILES string of the molecule is CCC1CCN(C(=O)N2CCC[C@@H](C(=O)O)C2)C1. The Morgan fingerprint density at radius 3 is 2.50 bits per heavy atom. The van der Waals surface area contributed by atoms with E-state index in [1.54, 1.807) is 4.90 Å². The summed E-state index contributed by atoms with van der Waals surface area (Å²) in [7, 11) is 0. The van der Waals surface area contributed by atoms with Crippen molar-refractivity contribution in [2.24, 2.45) is 11.8 Å². The maximum absolute atomic E-state index is 12.3. The van der Waals surface area contributed by atoms with Gasteiger partial charge in [0.1, 0.15) is 0 Å². The van der Waals surface area contributed by atoms with E-state index in [4.69, 9.17) is 5.11 Å². The molecular formula is C13H22N2O3. The van der Waals surface area contributed by atoms with Gasteiger partial charge in [0.25, 0.3) is 0 Å². The minimum Gasteiger partial charge on any atom is -0.481 e. The number of piperidine rings is 1. The normalized spacial score (nSPS) is 28.5. The number of nitrogens with zero attached hydrogens (tertiary/aromatic N) is 2. The maximum atomic E-state index is 12.3. The van der Waals surface area contributed by atoms with Crippen molar-refractivity contribution < 1.29 is 14.7 Å². The molecule has 1 N–H and O–H groups in total. The number of amides is 2. The molecule has 2 amide bonds. The zero-order valence-electron chi connectivity index (χ0n) is 11.0. The van der Waals surface area contributed by atoms with E-state index < -0.39 is 5.97 Å². The minimum atomic E-state index is -0.777. The Kier molecular flexibility index (Phi) is 4.09. The molecule has 0 bridgehead atoms. The van der Waals surface area contributed by atoms with Crippen molar-refractivity contribution in [3.05, 3.63) is 0 Å². The van der Waals surface area contributed by atoms with Crippen LogP contribution in [0.3, 0.4) is 0 Å². The number of carboxylic acids is 1. The van der Waals surface area contributed by atoms with Gasteiger partial charge in [-0.2, -0.15) is 0 Å². The standard InChI is InChI=1S/C13H22N2O3/c1-2-10-5-7-15(8-10)13(18)14-6-3-4-11(9-14)12(16)17/h10-11H,2-9H2,1H3,(H,16,17)/t10?,11-/m1/s1. The molecule has 2 heterocycles. The Morgan fingerprint density at radius 1 is 1.17 bits per heavy atom. The van der Waals surface area contributed by atoms with Gasteiger partial charge < -0.3 is 14.9 Å². The van der Waals surface area contributed by atoms with Crippen LogP contribution in [-0.4, -0.2) is 53.1 Å². The molecule has 0 radical (unpaired) electrons. The number of carboxylic acid groups (broad SMARTS) is 1. The van der Waals surface area contributed by atoms with Gasteiger partial charge in [-0.15, -0.1) is 0 Å². The lowest BCUT2D eigenvalue weighted by molar-refractivity contribution is -0.143. The molecule has 0 aromatic heterocycles. The highest BCUT2D eigenvalue weighted by Crippen LogP contribution is 2.23. The zero-order valence-corrected chi connectivity index (χ0v) is 11.0. The van der Waals surface area contributed by atoms with Crippen LogP contribution in [0, 0.1) is 11.8 Å². The summed E-state index contributed by atoms with van der Waals surface area (Å²) in [5.41, 5.74) is 0. The fourth-order valence-corrected chi connectivity index (χ4v) is 2.89.